The first-order valence-electron chi connectivity index (χ1n) is 10.6. The van der Waals surface area contributed by atoms with Gasteiger partial charge in [0.1, 0.15) is 23.5 Å². The Morgan fingerprint density at radius 3 is 2.57 bits per heavy atom. The molecule has 35 heavy (non-hydrogen) atoms. The third-order valence-electron chi connectivity index (χ3n) is 6.11. The molecule has 0 spiro atoms. The highest BCUT2D eigenvalue weighted by atomic mass is 32.2. The van der Waals surface area contributed by atoms with Crippen molar-refractivity contribution < 1.29 is 35.8 Å². The molecule has 1 aliphatic rings. The Labute approximate surface area is 198 Å². The Kier molecular flexibility index (Phi) is 6.51. The van der Waals surface area contributed by atoms with Crippen molar-refractivity contribution in [2.75, 3.05) is 6.61 Å². The second-order valence-corrected chi connectivity index (χ2v) is 9.96. The summed E-state index contributed by atoms with van der Waals surface area (Å²) in [6.45, 7) is 4.67. The first-order chi connectivity index (χ1) is 16.4. The fourth-order valence-corrected chi connectivity index (χ4v) is 5.70. The maximum atomic E-state index is 14.8. The summed E-state index contributed by atoms with van der Waals surface area (Å²) in [5, 5.41) is 15.8. The van der Waals surface area contributed by atoms with Crippen LogP contribution in [0, 0.1) is 31.3 Å². The number of aromatic amines is 1. The first kappa shape index (κ1) is 24.9. The summed E-state index contributed by atoms with van der Waals surface area (Å²) in [6, 6.07) is 1.62. The normalized spacial score (nSPS) is 17.5. The number of ether oxygens (including phenoxy) is 1. The van der Waals surface area contributed by atoms with Gasteiger partial charge in [-0.3, -0.25) is 0 Å². The number of rotatable bonds is 6. The summed E-state index contributed by atoms with van der Waals surface area (Å²) in [7, 11) is -4.87. The first-order valence-corrected chi connectivity index (χ1v) is 12.1. The summed E-state index contributed by atoms with van der Waals surface area (Å²) in [5.74, 6) is -6.35. The van der Waals surface area contributed by atoms with Gasteiger partial charge in [0.05, 0.1) is 18.3 Å². The molecule has 0 saturated heterocycles. The van der Waals surface area contributed by atoms with E-state index in [0.29, 0.717) is 11.6 Å². The van der Waals surface area contributed by atoms with E-state index in [2.05, 4.69) is 9.82 Å². The Hall–Kier alpha value is -3.16. The van der Waals surface area contributed by atoms with E-state index in [1.165, 1.54) is 13.0 Å². The van der Waals surface area contributed by atoms with Gasteiger partial charge >= 0.3 is 5.76 Å². The number of aryl methyl sites for hydroxylation is 1. The van der Waals surface area contributed by atoms with Gasteiger partial charge in [-0.25, -0.2) is 31.5 Å². The lowest BCUT2D eigenvalue weighted by molar-refractivity contribution is 0.107. The number of halogens is 3. The van der Waals surface area contributed by atoms with Crippen molar-refractivity contribution in [2.45, 2.75) is 50.2 Å². The number of aliphatic hydroxyl groups is 1. The van der Waals surface area contributed by atoms with E-state index in [4.69, 9.17) is 9.15 Å². The van der Waals surface area contributed by atoms with Crippen molar-refractivity contribution in [1.82, 2.24) is 14.9 Å². The van der Waals surface area contributed by atoms with Crippen molar-refractivity contribution in [3.05, 3.63) is 74.3 Å². The number of hydrogen-bond acceptors (Lipinski definition) is 7. The molecule has 0 amide bonds. The molecule has 1 aromatic heterocycles. The molecular weight excluding hydrogens is 491 g/mol. The Morgan fingerprint density at radius 1 is 1.20 bits per heavy atom. The quantitative estimate of drug-likeness (QED) is 0.461. The van der Waals surface area contributed by atoms with Crippen LogP contribution in [0.3, 0.4) is 0 Å². The van der Waals surface area contributed by atoms with Gasteiger partial charge in [0, 0.05) is 18.4 Å². The van der Waals surface area contributed by atoms with Crippen molar-refractivity contribution >= 4 is 10.0 Å². The molecule has 13 heteroatoms. The zero-order valence-electron chi connectivity index (χ0n) is 18.9. The van der Waals surface area contributed by atoms with Gasteiger partial charge in [-0.2, -0.15) is 4.72 Å². The van der Waals surface area contributed by atoms with E-state index in [0.717, 1.165) is 5.56 Å². The maximum Gasteiger partial charge on any atom is 0.434 e. The second kappa shape index (κ2) is 9.13. The molecule has 3 N–H and O–H groups in total. The number of nitrogens with one attached hydrogen (secondary N) is 2. The average Bonchev–Trinajstić information content (AvgIpc) is 3.20. The molecule has 1 aliphatic heterocycles. The SMILES string of the molecule is Cc1ccc(F)c(C(C)C(NS(=O)(=O)c2c(F)cc(F)c3c2OCCC3O)c2n[nH]c(=O)o2)c1C. The van der Waals surface area contributed by atoms with Crippen LogP contribution in [-0.4, -0.2) is 30.3 Å². The number of hydrogen-bond donors (Lipinski definition) is 3. The third-order valence-corrected chi connectivity index (χ3v) is 7.59. The molecule has 188 valence electrons. The highest BCUT2D eigenvalue weighted by Crippen LogP contribution is 2.42. The van der Waals surface area contributed by atoms with Crippen LogP contribution < -0.4 is 15.2 Å². The zero-order valence-corrected chi connectivity index (χ0v) is 19.7. The van der Waals surface area contributed by atoms with Crippen LogP contribution in [0.5, 0.6) is 5.75 Å². The smallest absolute Gasteiger partial charge is 0.434 e. The Bertz CT molecular complexity index is 1450. The van der Waals surface area contributed by atoms with Crippen LogP contribution >= 0.6 is 0 Å². The predicted octanol–water partition coefficient (Wildman–Crippen LogP) is 3.04. The van der Waals surface area contributed by atoms with E-state index in [1.807, 2.05) is 5.10 Å². The fraction of sp³-hybridized carbons (Fsp3) is 0.364. The number of aromatic nitrogens is 2. The molecule has 2 aromatic carbocycles. The minimum atomic E-state index is -4.87. The van der Waals surface area contributed by atoms with Gasteiger partial charge in [-0.1, -0.05) is 13.0 Å². The van der Waals surface area contributed by atoms with E-state index in [-0.39, 0.29) is 18.6 Å². The molecule has 0 radical (unpaired) electrons. The largest absolute Gasteiger partial charge is 0.491 e. The van der Waals surface area contributed by atoms with Gasteiger partial charge in [-0.05, 0) is 36.6 Å². The van der Waals surface area contributed by atoms with Crippen LogP contribution in [0.15, 0.2) is 32.3 Å². The topological polar surface area (TPSA) is 135 Å². The van der Waals surface area contributed by atoms with Crippen LogP contribution in [0.2, 0.25) is 0 Å². The molecule has 0 fully saturated rings. The molecule has 9 nitrogen and oxygen atoms in total. The predicted molar refractivity (Wildman–Crippen MR) is 116 cm³/mol. The van der Waals surface area contributed by atoms with Crippen LogP contribution in [0.4, 0.5) is 13.2 Å². The van der Waals surface area contributed by atoms with E-state index < -0.39 is 73.4 Å². The summed E-state index contributed by atoms with van der Waals surface area (Å²) in [6.07, 6.45) is -1.43. The number of fused-ring (bicyclic) bond motifs is 1. The van der Waals surface area contributed by atoms with Gasteiger partial charge in [0.2, 0.25) is 15.9 Å². The molecule has 4 rings (SSSR count). The lowest BCUT2D eigenvalue weighted by Crippen LogP contribution is -2.34. The minimum absolute atomic E-state index is 0.0214. The molecule has 0 aliphatic carbocycles. The summed E-state index contributed by atoms with van der Waals surface area (Å²) in [5.41, 5.74) is 0.877. The van der Waals surface area contributed by atoms with Crippen molar-refractivity contribution in [1.29, 1.82) is 0 Å². The summed E-state index contributed by atoms with van der Waals surface area (Å²) < 4.78 is 83.3. The van der Waals surface area contributed by atoms with Crippen LogP contribution in [0.1, 0.15) is 59.6 Å². The standard InChI is InChI=1S/C22H22F3N3O6S/c1-9-4-5-12(23)16(10(9)2)11(3)18(21-26-27-22(30)34-21)28-35(31,32)20-14(25)8-13(24)17-15(29)6-7-33-19(17)20/h4-5,8,11,15,18,28-29H,6-7H2,1-3H3,(H,27,30). The van der Waals surface area contributed by atoms with Crippen LogP contribution in [0.25, 0.3) is 0 Å². The van der Waals surface area contributed by atoms with Crippen molar-refractivity contribution in [3.63, 3.8) is 0 Å². The monoisotopic (exact) mass is 513 g/mol. The fourth-order valence-electron chi connectivity index (χ4n) is 4.21. The van der Waals surface area contributed by atoms with E-state index in [9.17, 15) is 31.5 Å². The van der Waals surface area contributed by atoms with E-state index >= 15 is 0 Å². The molecule has 3 atom stereocenters. The number of sulfonamides is 1. The second-order valence-electron chi connectivity index (χ2n) is 8.31. The highest BCUT2D eigenvalue weighted by molar-refractivity contribution is 7.89. The summed E-state index contributed by atoms with van der Waals surface area (Å²) >= 11 is 0. The number of H-pyrrole nitrogens is 1. The van der Waals surface area contributed by atoms with Gasteiger partial charge in [0.15, 0.2) is 10.6 Å². The zero-order chi connectivity index (χ0) is 25.7. The molecule has 3 unspecified atom stereocenters. The van der Waals surface area contributed by atoms with Gasteiger partial charge < -0.3 is 14.3 Å². The summed E-state index contributed by atoms with van der Waals surface area (Å²) in [4.78, 5) is 10.6. The van der Waals surface area contributed by atoms with Crippen LogP contribution in [-0.2, 0) is 10.0 Å². The van der Waals surface area contributed by atoms with Crippen molar-refractivity contribution in [3.8, 4) is 5.75 Å². The lowest BCUT2D eigenvalue weighted by atomic mass is 9.88. The van der Waals surface area contributed by atoms with Gasteiger partial charge in [0.25, 0.3) is 0 Å². The maximum absolute atomic E-state index is 14.8. The minimum Gasteiger partial charge on any atom is -0.491 e. The van der Waals surface area contributed by atoms with Crippen molar-refractivity contribution in [2.24, 2.45) is 0 Å². The van der Waals surface area contributed by atoms with Gasteiger partial charge in [-0.15, -0.1) is 5.10 Å². The molecule has 0 bridgehead atoms. The molecule has 3 aromatic rings. The third kappa shape index (κ3) is 4.46. The van der Waals surface area contributed by atoms with E-state index in [1.54, 1.807) is 19.9 Å². The number of nitrogens with zero attached hydrogens (tertiary/aromatic N) is 1. The number of aliphatic hydroxyl groups excluding tert-OH is 1. The molecule has 2 heterocycles. The number of benzene rings is 2. The Morgan fingerprint density at radius 2 is 1.91 bits per heavy atom. The average molecular weight is 513 g/mol. The highest BCUT2D eigenvalue weighted by Gasteiger charge is 2.39. The Balaban J connectivity index is 1.86. The molecule has 0 saturated carbocycles. The lowest BCUT2D eigenvalue weighted by Gasteiger charge is -2.27. The molecular formula is C22H22F3N3O6S.